The maximum absolute atomic E-state index is 13.1. The van der Waals surface area contributed by atoms with E-state index in [0.29, 0.717) is 16.8 Å². The van der Waals surface area contributed by atoms with Crippen molar-refractivity contribution in [3.05, 3.63) is 65.2 Å². The molecule has 0 atom stereocenters. The molecule has 0 aliphatic carbocycles. The number of rotatable bonds is 3. The van der Waals surface area contributed by atoms with Crippen molar-refractivity contribution >= 4 is 11.6 Å². The van der Waals surface area contributed by atoms with Gasteiger partial charge in [-0.05, 0) is 35.9 Å². The SMILES string of the molecule is CN(C(=O)Cc1ccc(F)c(F)c1)c1cccc(C#N)c1. The number of benzene rings is 2. The quantitative estimate of drug-likeness (QED) is 0.870. The number of likely N-dealkylation sites (N-methyl/N-ethyl adjacent to an activating group) is 1. The van der Waals surface area contributed by atoms with Crippen LogP contribution in [-0.4, -0.2) is 13.0 Å². The number of carbonyl (C=O) groups excluding carboxylic acids is 1. The monoisotopic (exact) mass is 286 g/mol. The highest BCUT2D eigenvalue weighted by atomic mass is 19.2. The molecule has 2 aromatic carbocycles. The first kappa shape index (κ1) is 14.7. The zero-order valence-electron chi connectivity index (χ0n) is 11.3. The lowest BCUT2D eigenvalue weighted by molar-refractivity contribution is -0.117. The molecule has 0 N–H and O–H groups in total. The Morgan fingerprint density at radius 1 is 1.19 bits per heavy atom. The summed E-state index contributed by atoms with van der Waals surface area (Å²) in [5.74, 6) is -2.20. The fourth-order valence-electron chi connectivity index (χ4n) is 1.87. The number of hydrogen-bond acceptors (Lipinski definition) is 2. The first-order valence-electron chi connectivity index (χ1n) is 6.22. The van der Waals surface area contributed by atoms with Crippen LogP contribution in [0.1, 0.15) is 11.1 Å². The Hall–Kier alpha value is -2.74. The van der Waals surface area contributed by atoms with E-state index in [0.717, 1.165) is 12.1 Å². The molecule has 0 bridgehead atoms. The van der Waals surface area contributed by atoms with Crippen molar-refractivity contribution in [1.29, 1.82) is 5.26 Å². The number of nitriles is 1. The fourth-order valence-corrected chi connectivity index (χ4v) is 1.87. The van der Waals surface area contributed by atoms with Gasteiger partial charge in [0.15, 0.2) is 11.6 Å². The van der Waals surface area contributed by atoms with Crippen LogP contribution in [0.15, 0.2) is 42.5 Å². The molecule has 0 saturated heterocycles. The Balaban J connectivity index is 2.15. The topological polar surface area (TPSA) is 44.1 Å². The van der Waals surface area contributed by atoms with Gasteiger partial charge in [-0.15, -0.1) is 0 Å². The Labute approximate surface area is 121 Å². The summed E-state index contributed by atoms with van der Waals surface area (Å²) >= 11 is 0. The zero-order chi connectivity index (χ0) is 15.4. The summed E-state index contributed by atoms with van der Waals surface area (Å²) in [5.41, 5.74) is 1.41. The van der Waals surface area contributed by atoms with Crippen LogP contribution < -0.4 is 4.90 Å². The molecule has 21 heavy (non-hydrogen) atoms. The third kappa shape index (κ3) is 3.42. The van der Waals surface area contributed by atoms with Gasteiger partial charge in [0, 0.05) is 12.7 Å². The Kier molecular flexibility index (Phi) is 4.29. The van der Waals surface area contributed by atoms with Gasteiger partial charge in [0.25, 0.3) is 0 Å². The standard InChI is InChI=1S/C16H12F2N2O/c1-20(13-4-2-3-12(7-13)10-19)16(21)9-11-5-6-14(17)15(18)8-11/h2-8H,9H2,1H3. The lowest BCUT2D eigenvalue weighted by atomic mass is 10.1. The predicted molar refractivity (Wildman–Crippen MR) is 74.6 cm³/mol. The van der Waals surface area contributed by atoms with Crippen LogP contribution in [0.5, 0.6) is 0 Å². The van der Waals surface area contributed by atoms with E-state index in [-0.39, 0.29) is 12.3 Å². The molecule has 0 fully saturated rings. The van der Waals surface area contributed by atoms with Crippen LogP contribution in [0.25, 0.3) is 0 Å². The van der Waals surface area contributed by atoms with E-state index >= 15 is 0 Å². The van der Waals surface area contributed by atoms with E-state index in [1.807, 2.05) is 6.07 Å². The zero-order valence-corrected chi connectivity index (χ0v) is 11.3. The number of hydrogen-bond donors (Lipinski definition) is 0. The van der Waals surface area contributed by atoms with Gasteiger partial charge in [-0.25, -0.2) is 8.78 Å². The first-order valence-corrected chi connectivity index (χ1v) is 6.22. The van der Waals surface area contributed by atoms with Crippen molar-refractivity contribution in [2.45, 2.75) is 6.42 Å². The van der Waals surface area contributed by atoms with Crippen molar-refractivity contribution < 1.29 is 13.6 Å². The maximum atomic E-state index is 13.1. The molecule has 3 nitrogen and oxygen atoms in total. The normalized spacial score (nSPS) is 10.0. The Morgan fingerprint density at radius 2 is 1.95 bits per heavy atom. The van der Waals surface area contributed by atoms with Crippen LogP contribution in [0.4, 0.5) is 14.5 Å². The fraction of sp³-hybridized carbons (Fsp3) is 0.125. The van der Waals surface area contributed by atoms with Crippen molar-refractivity contribution in [2.24, 2.45) is 0 Å². The molecule has 0 aliphatic rings. The molecule has 2 rings (SSSR count). The highest BCUT2D eigenvalue weighted by Gasteiger charge is 2.13. The lowest BCUT2D eigenvalue weighted by Gasteiger charge is -2.17. The molecule has 0 saturated carbocycles. The van der Waals surface area contributed by atoms with E-state index in [4.69, 9.17) is 5.26 Å². The van der Waals surface area contributed by atoms with Crippen LogP contribution in [0, 0.1) is 23.0 Å². The Bertz CT molecular complexity index is 722. The molecule has 5 heteroatoms. The van der Waals surface area contributed by atoms with Crippen molar-refractivity contribution in [1.82, 2.24) is 0 Å². The summed E-state index contributed by atoms with van der Waals surface area (Å²) in [6, 6.07) is 12.0. The lowest BCUT2D eigenvalue weighted by Crippen LogP contribution is -2.27. The molecule has 0 aromatic heterocycles. The molecule has 0 heterocycles. The van der Waals surface area contributed by atoms with Gasteiger partial charge >= 0.3 is 0 Å². The van der Waals surface area contributed by atoms with Gasteiger partial charge in [-0.3, -0.25) is 4.79 Å². The van der Waals surface area contributed by atoms with Gasteiger partial charge < -0.3 is 4.90 Å². The number of carbonyl (C=O) groups is 1. The van der Waals surface area contributed by atoms with Gasteiger partial charge in [0.1, 0.15) is 0 Å². The summed E-state index contributed by atoms with van der Waals surface area (Å²) in [6.45, 7) is 0. The summed E-state index contributed by atoms with van der Waals surface area (Å²) < 4.78 is 26.0. The molecule has 1 amide bonds. The summed E-state index contributed by atoms with van der Waals surface area (Å²) in [4.78, 5) is 13.5. The maximum Gasteiger partial charge on any atom is 0.231 e. The molecule has 106 valence electrons. The molecule has 0 radical (unpaired) electrons. The minimum atomic E-state index is -0.977. The average molecular weight is 286 g/mol. The first-order chi connectivity index (χ1) is 10.0. The third-order valence-electron chi connectivity index (χ3n) is 3.08. The molecular weight excluding hydrogens is 274 g/mol. The summed E-state index contributed by atoms with van der Waals surface area (Å²) in [5, 5.41) is 8.84. The second kappa shape index (κ2) is 6.14. The van der Waals surface area contributed by atoms with Crippen LogP contribution in [-0.2, 0) is 11.2 Å². The summed E-state index contributed by atoms with van der Waals surface area (Å²) in [7, 11) is 1.57. The van der Waals surface area contributed by atoms with Gasteiger partial charge in [0.2, 0.25) is 5.91 Å². The van der Waals surface area contributed by atoms with Crippen molar-refractivity contribution in [3.8, 4) is 6.07 Å². The third-order valence-corrected chi connectivity index (χ3v) is 3.08. The Morgan fingerprint density at radius 3 is 2.62 bits per heavy atom. The predicted octanol–water partition coefficient (Wildman–Crippen LogP) is 3.04. The summed E-state index contributed by atoms with van der Waals surface area (Å²) in [6.07, 6.45) is -0.0511. The molecular formula is C16H12F2N2O. The number of halogens is 2. The van der Waals surface area contributed by atoms with Crippen molar-refractivity contribution in [3.63, 3.8) is 0 Å². The van der Waals surface area contributed by atoms with Gasteiger partial charge in [-0.2, -0.15) is 5.26 Å². The molecule has 2 aromatic rings. The average Bonchev–Trinajstić information content (AvgIpc) is 2.50. The van der Waals surface area contributed by atoms with Gasteiger partial charge in [0.05, 0.1) is 18.1 Å². The number of nitrogens with zero attached hydrogens (tertiary/aromatic N) is 2. The molecule has 0 aliphatic heterocycles. The number of anilines is 1. The van der Waals surface area contributed by atoms with Crippen LogP contribution in [0.2, 0.25) is 0 Å². The van der Waals surface area contributed by atoms with Crippen molar-refractivity contribution in [2.75, 3.05) is 11.9 Å². The van der Waals surface area contributed by atoms with E-state index in [2.05, 4.69) is 0 Å². The minimum Gasteiger partial charge on any atom is -0.315 e. The largest absolute Gasteiger partial charge is 0.315 e. The molecule has 0 unspecified atom stereocenters. The van der Waals surface area contributed by atoms with Crippen LogP contribution in [0.3, 0.4) is 0 Å². The molecule has 0 spiro atoms. The van der Waals surface area contributed by atoms with E-state index in [1.165, 1.54) is 11.0 Å². The highest BCUT2D eigenvalue weighted by Crippen LogP contribution is 2.16. The van der Waals surface area contributed by atoms with Crippen LogP contribution >= 0.6 is 0 Å². The number of amides is 1. The van der Waals surface area contributed by atoms with E-state index in [1.54, 1.807) is 31.3 Å². The smallest absolute Gasteiger partial charge is 0.231 e. The minimum absolute atomic E-state index is 0.0511. The van der Waals surface area contributed by atoms with Gasteiger partial charge in [-0.1, -0.05) is 12.1 Å². The second-order valence-corrected chi connectivity index (χ2v) is 4.54. The highest BCUT2D eigenvalue weighted by molar-refractivity contribution is 5.94. The van der Waals surface area contributed by atoms with E-state index in [9.17, 15) is 13.6 Å². The second-order valence-electron chi connectivity index (χ2n) is 4.54. The van der Waals surface area contributed by atoms with E-state index < -0.39 is 11.6 Å².